The zero-order chi connectivity index (χ0) is 21.7. The number of hydrogen-bond donors (Lipinski definition) is 2. The zero-order valence-corrected chi connectivity index (χ0v) is 19.1. The Morgan fingerprint density at radius 1 is 1.31 bits per heavy atom. The van der Waals surface area contributed by atoms with Crippen LogP contribution in [0.4, 0.5) is 0 Å². The van der Waals surface area contributed by atoms with Gasteiger partial charge in [-0.3, -0.25) is 19.5 Å². The molecule has 0 saturated carbocycles. The number of benzene rings is 1. The van der Waals surface area contributed by atoms with E-state index in [9.17, 15) is 4.79 Å². The SMILES string of the molecule is C=C(Cl)N=C1C(=C(C)C)NC(=NCc2ccc(S(=N)CC)cc2)C(=O)N1C(C)C. The third-order valence-electron chi connectivity index (χ3n) is 4.28. The van der Waals surface area contributed by atoms with Crippen molar-refractivity contribution in [2.24, 2.45) is 9.98 Å². The second kappa shape index (κ2) is 9.98. The van der Waals surface area contributed by atoms with Gasteiger partial charge in [-0.25, -0.2) is 4.99 Å². The van der Waals surface area contributed by atoms with Crippen LogP contribution in [-0.4, -0.2) is 34.3 Å². The standard InChI is InChI=1S/C21H28ClN5OS/c1-7-29(23)17-10-8-16(9-11-17)12-24-19-21(28)27(14(4)5)20(25-15(6)22)18(26-19)13(2)3/h8-11,14,23H,6-7,12H2,1-5H3,(H,24,26). The van der Waals surface area contributed by atoms with E-state index in [4.69, 9.17) is 16.4 Å². The number of nitrogens with one attached hydrogen (secondary N) is 2. The molecule has 2 rings (SSSR count). The molecular formula is C21H28ClN5OS. The molecule has 1 heterocycles. The largest absolute Gasteiger partial charge is 0.333 e. The van der Waals surface area contributed by atoms with E-state index in [1.165, 1.54) is 0 Å². The number of allylic oxidation sites excluding steroid dienone is 1. The predicted molar refractivity (Wildman–Crippen MR) is 122 cm³/mol. The maximum atomic E-state index is 13.1. The molecule has 1 saturated heterocycles. The fourth-order valence-electron chi connectivity index (χ4n) is 2.81. The molecule has 0 radical (unpaired) electrons. The molecule has 0 aliphatic carbocycles. The Kier molecular flexibility index (Phi) is 7.93. The molecule has 8 heteroatoms. The van der Waals surface area contributed by atoms with E-state index < -0.39 is 10.7 Å². The third kappa shape index (κ3) is 5.64. The highest BCUT2D eigenvalue weighted by molar-refractivity contribution is 7.86. The number of nitrogens with zero attached hydrogens (tertiary/aromatic N) is 3. The molecule has 2 N–H and O–H groups in total. The summed E-state index contributed by atoms with van der Waals surface area (Å²) in [5.74, 6) is 1.27. The summed E-state index contributed by atoms with van der Waals surface area (Å²) in [6.07, 6.45) is 0. The fourth-order valence-corrected chi connectivity index (χ4v) is 3.69. The van der Waals surface area contributed by atoms with E-state index in [2.05, 4.69) is 21.9 Å². The summed E-state index contributed by atoms with van der Waals surface area (Å²) in [4.78, 5) is 24.5. The van der Waals surface area contributed by atoms with Gasteiger partial charge in [0.1, 0.15) is 5.16 Å². The summed E-state index contributed by atoms with van der Waals surface area (Å²) in [5.41, 5.74) is 2.64. The number of rotatable bonds is 6. The molecule has 1 aromatic rings. The van der Waals surface area contributed by atoms with Crippen LogP contribution >= 0.6 is 11.6 Å². The number of carbonyl (C=O) groups is 1. The maximum Gasteiger partial charge on any atom is 0.295 e. The summed E-state index contributed by atoms with van der Waals surface area (Å²) in [7, 11) is -0.488. The van der Waals surface area contributed by atoms with Crippen LogP contribution in [0.1, 0.15) is 40.2 Å². The van der Waals surface area contributed by atoms with Crippen molar-refractivity contribution in [3.63, 3.8) is 0 Å². The minimum absolute atomic E-state index is 0.111. The number of hydrogen-bond acceptors (Lipinski definition) is 4. The van der Waals surface area contributed by atoms with Gasteiger partial charge in [-0.2, -0.15) is 0 Å². The molecule has 0 bridgehead atoms. The fraction of sp³-hybridized carbons (Fsp3) is 0.381. The van der Waals surface area contributed by atoms with Crippen molar-refractivity contribution in [1.82, 2.24) is 10.2 Å². The second-order valence-electron chi connectivity index (χ2n) is 7.07. The lowest BCUT2D eigenvalue weighted by Gasteiger charge is -2.35. The van der Waals surface area contributed by atoms with Crippen LogP contribution in [0.2, 0.25) is 0 Å². The van der Waals surface area contributed by atoms with Gasteiger partial charge >= 0.3 is 0 Å². The van der Waals surface area contributed by atoms with Gasteiger partial charge in [-0.05, 0) is 51.0 Å². The second-order valence-corrected chi connectivity index (χ2v) is 9.34. The topological polar surface area (TPSA) is 80.9 Å². The van der Waals surface area contributed by atoms with E-state index in [1.54, 1.807) is 4.90 Å². The van der Waals surface area contributed by atoms with E-state index in [-0.39, 0.29) is 22.9 Å². The van der Waals surface area contributed by atoms with Crippen LogP contribution in [0.25, 0.3) is 0 Å². The minimum Gasteiger partial charge on any atom is -0.333 e. The van der Waals surface area contributed by atoms with E-state index in [0.717, 1.165) is 21.8 Å². The number of amidine groups is 2. The summed E-state index contributed by atoms with van der Waals surface area (Å²) in [6, 6.07) is 7.72. The number of amides is 1. The number of piperazine rings is 1. The first-order chi connectivity index (χ1) is 13.6. The van der Waals surface area contributed by atoms with Crippen molar-refractivity contribution in [2.45, 2.75) is 52.1 Å². The smallest absolute Gasteiger partial charge is 0.295 e. The molecule has 156 valence electrons. The Labute approximate surface area is 180 Å². The van der Waals surface area contributed by atoms with Crippen LogP contribution in [-0.2, 0) is 22.0 Å². The van der Waals surface area contributed by atoms with Crippen LogP contribution in [0.15, 0.2) is 62.2 Å². The zero-order valence-electron chi connectivity index (χ0n) is 17.5. The summed E-state index contributed by atoms with van der Waals surface area (Å²) in [5, 5.41) is 3.24. The summed E-state index contributed by atoms with van der Waals surface area (Å²) < 4.78 is 8.02. The maximum absolute atomic E-state index is 13.1. The van der Waals surface area contributed by atoms with Gasteiger partial charge in [0.25, 0.3) is 5.91 Å². The van der Waals surface area contributed by atoms with Gasteiger partial charge in [0.2, 0.25) is 0 Å². The van der Waals surface area contributed by atoms with Gasteiger partial charge in [-0.1, -0.05) is 47.9 Å². The van der Waals surface area contributed by atoms with Crippen LogP contribution < -0.4 is 5.32 Å². The lowest BCUT2D eigenvalue weighted by molar-refractivity contribution is -0.122. The number of carbonyl (C=O) groups excluding carboxylic acids is 1. The number of halogens is 1. The molecular weight excluding hydrogens is 406 g/mol. The van der Waals surface area contributed by atoms with Gasteiger partial charge in [0.15, 0.2) is 11.7 Å². The minimum atomic E-state index is -0.488. The molecule has 1 aliphatic heterocycles. The molecule has 1 aliphatic rings. The van der Waals surface area contributed by atoms with Crippen molar-refractivity contribution < 1.29 is 4.79 Å². The molecule has 1 unspecified atom stereocenters. The van der Waals surface area contributed by atoms with Crippen LogP contribution in [0.3, 0.4) is 0 Å². The number of aliphatic imine (C=N–C) groups is 2. The Bertz CT molecular complexity index is 912. The quantitative estimate of drug-likeness (QED) is 0.643. The van der Waals surface area contributed by atoms with Gasteiger partial charge in [0.05, 0.1) is 12.2 Å². The Hall–Kier alpha value is -2.25. The van der Waals surface area contributed by atoms with Crippen molar-refractivity contribution >= 4 is 39.9 Å². The molecule has 1 atom stereocenters. The molecule has 0 spiro atoms. The molecule has 1 fully saturated rings. The molecule has 1 amide bonds. The van der Waals surface area contributed by atoms with Crippen molar-refractivity contribution in [2.75, 3.05) is 5.75 Å². The van der Waals surface area contributed by atoms with Crippen LogP contribution in [0, 0.1) is 4.78 Å². The average Bonchev–Trinajstić information content (AvgIpc) is 2.66. The molecule has 6 nitrogen and oxygen atoms in total. The van der Waals surface area contributed by atoms with E-state index in [0.29, 0.717) is 18.1 Å². The Morgan fingerprint density at radius 3 is 2.41 bits per heavy atom. The Balaban J connectivity index is 2.36. The first-order valence-corrected chi connectivity index (χ1v) is 11.2. The van der Waals surface area contributed by atoms with E-state index >= 15 is 0 Å². The first-order valence-electron chi connectivity index (χ1n) is 9.42. The van der Waals surface area contributed by atoms with Crippen LogP contribution in [0.5, 0.6) is 0 Å². The van der Waals surface area contributed by atoms with Crippen molar-refractivity contribution in [3.05, 3.63) is 52.8 Å². The molecule has 29 heavy (non-hydrogen) atoms. The summed E-state index contributed by atoms with van der Waals surface area (Å²) >= 11 is 5.91. The van der Waals surface area contributed by atoms with Crippen molar-refractivity contribution in [1.29, 1.82) is 4.78 Å². The molecule has 0 aromatic heterocycles. The lowest BCUT2D eigenvalue weighted by atomic mass is 10.1. The lowest BCUT2D eigenvalue weighted by Crippen LogP contribution is -2.57. The summed E-state index contributed by atoms with van der Waals surface area (Å²) in [6.45, 7) is 13.7. The van der Waals surface area contributed by atoms with E-state index in [1.807, 2.05) is 58.9 Å². The monoisotopic (exact) mass is 433 g/mol. The Morgan fingerprint density at radius 2 is 1.93 bits per heavy atom. The average molecular weight is 434 g/mol. The highest BCUT2D eigenvalue weighted by atomic mass is 35.5. The normalized spacial score (nSPS) is 18.4. The molecule has 1 aromatic carbocycles. The van der Waals surface area contributed by atoms with Gasteiger partial charge in [-0.15, -0.1) is 0 Å². The highest BCUT2D eigenvalue weighted by Gasteiger charge is 2.35. The van der Waals surface area contributed by atoms with Crippen molar-refractivity contribution in [3.8, 4) is 0 Å². The van der Waals surface area contributed by atoms with Gasteiger partial charge in [0, 0.05) is 16.7 Å². The first kappa shape index (κ1) is 23.0. The third-order valence-corrected chi connectivity index (χ3v) is 5.78. The predicted octanol–water partition coefficient (Wildman–Crippen LogP) is 4.59. The highest BCUT2D eigenvalue weighted by Crippen LogP contribution is 2.19. The van der Waals surface area contributed by atoms with Gasteiger partial charge < -0.3 is 5.32 Å².